The van der Waals surface area contributed by atoms with Gasteiger partial charge in [-0.05, 0) is 48.5 Å². The fourth-order valence-corrected chi connectivity index (χ4v) is 5.09. The van der Waals surface area contributed by atoms with Gasteiger partial charge in [0.1, 0.15) is 15.9 Å². The maximum absolute atomic E-state index is 13.3. The molecule has 2 aromatic heterocycles. The summed E-state index contributed by atoms with van der Waals surface area (Å²) in [6.45, 7) is 1.43. The molecule has 0 bridgehead atoms. The second-order valence-electron chi connectivity index (χ2n) is 7.29. The normalized spacial score (nSPS) is 11.4. The average molecular weight is 492 g/mol. The van der Waals surface area contributed by atoms with E-state index in [2.05, 4.69) is 34.1 Å². The Balaban J connectivity index is 1.54. The lowest BCUT2D eigenvalue weighted by molar-refractivity contribution is -0.114. The van der Waals surface area contributed by atoms with E-state index in [1.54, 1.807) is 54.6 Å². The van der Waals surface area contributed by atoms with Gasteiger partial charge in [-0.15, -0.1) is 0 Å². The lowest BCUT2D eigenvalue weighted by Gasteiger charge is -2.14. The van der Waals surface area contributed by atoms with Crippen molar-refractivity contribution < 1.29 is 13.2 Å². The van der Waals surface area contributed by atoms with Gasteiger partial charge in [0.05, 0.1) is 22.8 Å². The summed E-state index contributed by atoms with van der Waals surface area (Å²) in [7, 11) is -4.05. The number of fused-ring (bicyclic) bond motifs is 2. The predicted molar refractivity (Wildman–Crippen MR) is 132 cm³/mol. The van der Waals surface area contributed by atoms with Crippen LogP contribution < -0.4 is 15.4 Å². The van der Waals surface area contributed by atoms with Crippen LogP contribution in [0, 0.1) is 0 Å². The zero-order chi connectivity index (χ0) is 23.7. The van der Waals surface area contributed by atoms with Gasteiger partial charge in [-0.2, -0.15) is 8.75 Å². The van der Waals surface area contributed by atoms with Crippen LogP contribution in [0.4, 0.5) is 23.0 Å². The van der Waals surface area contributed by atoms with Gasteiger partial charge < -0.3 is 10.6 Å². The number of hydrogen-bond acceptors (Lipinski definition) is 9. The van der Waals surface area contributed by atoms with Gasteiger partial charge in [-0.25, -0.2) is 18.4 Å². The first-order chi connectivity index (χ1) is 16.4. The van der Waals surface area contributed by atoms with Crippen molar-refractivity contribution in [3.63, 3.8) is 0 Å². The zero-order valence-electron chi connectivity index (χ0n) is 17.7. The van der Waals surface area contributed by atoms with E-state index in [-0.39, 0.29) is 28.0 Å². The minimum absolute atomic E-state index is 0.000631. The van der Waals surface area contributed by atoms with Gasteiger partial charge in [-0.3, -0.25) is 9.52 Å². The van der Waals surface area contributed by atoms with Gasteiger partial charge >= 0.3 is 0 Å². The molecule has 0 aliphatic carbocycles. The number of carbonyl (C=O) groups is 1. The highest BCUT2D eigenvalue weighted by molar-refractivity contribution is 7.93. The van der Waals surface area contributed by atoms with E-state index in [9.17, 15) is 13.2 Å². The second kappa shape index (κ2) is 8.65. The Bertz CT molecular complexity index is 1630. The van der Waals surface area contributed by atoms with Crippen molar-refractivity contribution >= 4 is 72.7 Å². The molecule has 0 spiro atoms. The summed E-state index contributed by atoms with van der Waals surface area (Å²) in [5.74, 6) is 0.0751. The Morgan fingerprint density at radius 2 is 1.44 bits per heavy atom. The molecule has 34 heavy (non-hydrogen) atoms. The number of anilines is 4. The highest BCUT2D eigenvalue weighted by atomic mass is 32.2. The monoisotopic (exact) mass is 491 g/mol. The quantitative estimate of drug-likeness (QED) is 0.322. The molecule has 0 aliphatic rings. The number of amides is 1. The summed E-state index contributed by atoms with van der Waals surface area (Å²) in [6, 6.07) is 18.8. The first-order valence-electron chi connectivity index (χ1n) is 10.0. The minimum Gasteiger partial charge on any atom is -0.337 e. The van der Waals surface area contributed by atoms with Crippen LogP contribution in [-0.2, 0) is 14.8 Å². The van der Waals surface area contributed by atoms with E-state index in [4.69, 9.17) is 0 Å². The second-order valence-corrected chi connectivity index (χ2v) is 9.47. The number of para-hydroxylation sites is 2. The van der Waals surface area contributed by atoms with Crippen LogP contribution in [0.5, 0.6) is 0 Å². The van der Waals surface area contributed by atoms with E-state index in [0.29, 0.717) is 27.9 Å². The van der Waals surface area contributed by atoms with Crippen LogP contribution in [0.2, 0.25) is 0 Å². The molecule has 10 nitrogen and oxygen atoms in total. The number of carbonyl (C=O) groups excluding carboxylic acids is 1. The molecule has 0 fully saturated rings. The topological polar surface area (TPSA) is 139 Å². The van der Waals surface area contributed by atoms with Crippen LogP contribution in [0.1, 0.15) is 6.92 Å². The first-order valence-corrected chi connectivity index (χ1v) is 12.3. The Morgan fingerprint density at radius 3 is 2.15 bits per heavy atom. The molecule has 0 saturated heterocycles. The molecule has 0 atom stereocenters. The zero-order valence-corrected chi connectivity index (χ0v) is 19.3. The van der Waals surface area contributed by atoms with Crippen molar-refractivity contribution in [1.29, 1.82) is 0 Å². The summed E-state index contributed by atoms with van der Waals surface area (Å²) in [6.07, 6.45) is 0. The van der Waals surface area contributed by atoms with Crippen molar-refractivity contribution in [2.24, 2.45) is 0 Å². The molecule has 3 aromatic carbocycles. The fourth-order valence-electron chi connectivity index (χ4n) is 3.32. The lowest BCUT2D eigenvalue weighted by Crippen LogP contribution is -2.16. The minimum atomic E-state index is -4.05. The van der Waals surface area contributed by atoms with Crippen LogP contribution in [-0.4, -0.2) is 33.0 Å². The van der Waals surface area contributed by atoms with Crippen LogP contribution in [0.15, 0.2) is 71.6 Å². The molecule has 3 N–H and O–H groups in total. The van der Waals surface area contributed by atoms with Crippen molar-refractivity contribution in [2.45, 2.75) is 11.8 Å². The molecule has 0 aliphatic heterocycles. The summed E-state index contributed by atoms with van der Waals surface area (Å²) in [4.78, 5) is 20.3. The molecule has 0 radical (unpaired) electrons. The number of rotatable bonds is 6. The van der Waals surface area contributed by atoms with Crippen LogP contribution in [0.3, 0.4) is 0 Å². The van der Waals surface area contributed by atoms with Crippen LogP contribution >= 0.6 is 11.7 Å². The third kappa shape index (κ3) is 4.36. The molecule has 12 heteroatoms. The van der Waals surface area contributed by atoms with E-state index < -0.39 is 10.0 Å². The fraction of sp³-hybridized carbons (Fsp3) is 0.0455. The van der Waals surface area contributed by atoms with Gasteiger partial charge in [0.25, 0.3) is 10.0 Å². The van der Waals surface area contributed by atoms with E-state index in [1.165, 1.54) is 13.0 Å². The maximum Gasteiger partial charge on any atom is 0.265 e. The molecule has 170 valence electrons. The van der Waals surface area contributed by atoms with Gasteiger partial charge in [0.15, 0.2) is 11.6 Å². The standard InChI is InChI=1S/C22H17N7O3S2/c1-13(30)23-14-9-11-15(12-10-14)24-21-22(26-17-6-3-2-5-16(17)25-21)29-34(31,32)19-8-4-7-18-20(19)28-33-27-18/h2-12H,1H3,(H,23,30)(H,24,25)(H,26,29). The summed E-state index contributed by atoms with van der Waals surface area (Å²) < 4.78 is 37.4. The first kappa shape index (κ1) is 21.7. The Labute approximate surface area is 198 Å². The molecule has 0 saturated carbocycles. The number of aromatic nitrogens is 4. The highest BCUT2D eigenvalue weighted by Gasteiger charge is 2.23. The van der Waals surface area contributed by atoms with E-state index >= 15 is 0 Å². The van der Waals surface area contributed by atoms with Crippen molar-refractivity contribution in [3.8, 4) is 0 Å². The third-order valence-corrected chi connectivity index (χ3v) is 6.72. The third-order valence-electron chi connectivity index (χ3n) is 4.81. The predicted octanol–water partition coefficient (Wildman–Crippen LogP) is 4.14. The number of nitrogens with one attached hydrogen (secondary N) is 3. The Morgan fingerprint density at radius 1 is 0.794 bits per heavy atom. The van der Waals surface area contributed by atoms with E-state index in [1.807, 2.05) is 6.07 Å². The van der Waals surface area contributed by atoms with Gasteiger partial charge in [0, 0.05) is 18.3 Å². The number of nitrogens with zero attached hydrogens (tertiary/aromatic N) is 4. The average Bonchev–Trinajstić information content (AvgIpc) is 3.29. The lowest BCUT2D eigenvalue weighted by atomic mass is 10.2. The molecular weight excluding hydrogens is 474 g/mol. The largest absolute Gasteiger partial charge is 0.337 e. The van der Waals surface area contributed by atoms with Crippen molar-refractivity contribution in [1.82, 2.24) is 18.7 Å². The summed E-state index contributed by atoms with van der Waals surface area (Å²) in [5, 5.41) is 5.81. The molecule has 5 aromatic rings. The number of sulfonamides is 1. The number of hydrogen-bond donors (Lipinski definition) is 3. The van der Waals surface area contributed by atoms with Crippen molar-refractivity contribution in [2.75, 3.05) is 15.4 Å². The van der Waals surface area contributed by atoms with Crippen LogP contribution in [0.25, 0.3) is 22.1 Å². The summed E-state index contributed by atoms with van der Waals surface area (Å²) >= 11 is 0.942. The SMILES string of the molecule is CC(=O)Nc1ccc(Nc2nc3ccccc3nc2NS(=O)(=O)c2cccc3nsnc23)cc1. The van der Waals surface area contributed by atoms with Gasteiger partial charge in [-0.1, -0.05) is 18.2 Å². The molecule has 2 heterocycles. The highest BCUT2D eigenvalue weighted by Crippen LogP contribution is 2.29. The molecular formula is C22H17N7O3S2. The van der Waals surface area contributed by atoms with Gasteiger partial charge in [0.2, 0.25) is 5.91 Å². The van der Waals surface area contributed by atoms with E-state index in [0.717, 1.165) is 11.7 Å². The Hall–Kier alpha value is -4.16. The number of benzene rings is 3. The van der Waals surface area contributed by atoms with Crippen molar-refractivity contribution in [3.05, 3.63) is 66.7 Å². The molecule has 5 rings (SSSR count). The molecule has 0 unspecified atom stereocenters. The Kier molecular flexibility index (Phi) is 5.51. The molecule has 1 amide bonds. The summed E-state index contributed by atoms with van der Waals surface area (Å²) in [5.41, 5.74) is 3.17. The maximum atomic E-state index is 13.3. The smallest absolute Gasteiger partial charge is 0.265 e.